The van der Waals surface area contributed by atoms with E-state index in [9.17, 15) is 0 Å². The highest BCUT2D eigenvalue weighted by Crippen LogP contribution is 2.38. The molecule has 2 aliphatic rings. The van der Waals surface area contributed by atoms with Crippen LogP contribution in [0.4, 0.5) is 0 Å². The second kappa shape index (κ2) is 8.80. The van der Waals surface area contributed by atoms with Crippen molar-refractivity contribution in [1.29, 1.82) is 0 Å². The van der Waals surface area contributed by atoms with Crippen LogP contribution in [0, 0.1) is 12.3 Å². The van der Waals surface area contributed by atoms with E-state index in [1.807, 2.05) is 18.4 Å². The summed E-state index contributed by atoms with van der Waals surface area (Å²) in [5, 5.41) is 4.74. The van der Waals surface area contributed by atoms with E-state index in [0.29, 0.717) is 5.41 Å². The Bertz CT molecular complexity index is 569. The van der Waals surface area contributed by atoms with Crippen molar-refractivity contribution in [2.45, 2.75) is 39.5 Å². The molecule has 1 N–H and O–H groups in total. The molecule has 0 saturated carbocycles. The largest absolute Gasteiger partial charge is 0.381 e. The van der Waals surface area contributed by atoms with E-state index in [4.69, 9.17) is 9.72 Å². The molecule has 24 heavy (non-hydrogen) atoms. The summed E-state index contributed by atoms with van der Waals surface area (Å²) in [6, 6.07) is 0. The monoisotopic (exact) mass is 464 g/mol. The lowest BCUT2D eigenvalue weighted by Crippen LogP contribution is -2.42. The minimum atomic E-state index is 0. The SMILES string of the molecule is CCc1nc(CCNC(=NC)N2CCC3(CCOC3)C2)sc1C.I. The Labute approximate surface area is 166 Å². The molecule has 2 aliphatic heterocycles. The van der Waals surface area contributed by atoms with Gasteiger partial charge < -0.3 is 15.0 Å². The van der Waals surface area contributed by atoms with E-state index in [2.05, 4.69) is 29.1 Å². The van der Waals surface area contributed by atoms with Crippen molar-refractivity contribution in [3.05, 3.63) is 15.6 Å². The maximum absolute atomic E-state index is 5.61. The Balaban J connectivity index is 0.00000208. The summed E-state index contributed by atoms with van der Waals surface area (Å²) in [5.41, 5.74) is 1.62. The van der Waals surface area contributed by atoms with Gasteiger partial charge in [0.2, 0.25) is 0 Å². The van der Waals surface area contributed by atoms with Crippen molar-refractivity contribution < 1.29 is 4.74 Å². The molecule has 0 aliphatic carbocycles. The Morgan fingerprint density at radius 1 is 1.46 bits per heavy atom. The van der Waals surface area contributed by atoms with Crippen LogP contribution in [-0.2, 0) is 17.6 Å². The van der Waals surface area contributed by atoms with E-state index >= 15 is 0 Å². The molecule has 1 atom stereocenters. The summed E-state index contributed by atoms with van der Waals surface area (Å²) in [5.74, 6) is 1.03. The molecule has 5 nitrogen and oxygen atoms in total. The fourth-order valence-corrected chi connectivity index (χ4v) is 4.64. The van der Waals surface area contributed by atoms with Crippen molar-refractivity contribution >= 4 is 41.3 Å². The van der Waals surface area contributed by atoms with Gasteiger partial charge in [-0.15, -0.1) is 35.3 Å². The number of ether oxygens (including phenoxy) is 1. The third kappa shape index (κ3) is 4.40. The number of likely N-dealkylation sites (tertiary alicyclic amines) is 1. The number of aliphatic imine (C=N–C) groups is 1. The number of aromatic nitrogens is 1. The summed E-state index contributed by atoms with van der Waals surface area (Å²) in [6.45, 7) is 9.22. The predicted molar refractivity (Wildman–Crippen MR) is 111 cm³/mol. The summed E-state index contributed by atoms with van der Waals surface area (Å²) < 4.78 is 5.61. The molecule has 1 aromatic heterocycles. The van der Waals surface area contributed by atoms with Crippen molar-refractivity contribution in [2.24, 2.45) is 10.4 Å². The van der Waals surface area contributed by atoms with Crippen LogP contribution in [0.15, 0.2) is 4.99 Å². The highest BCUT2D eigenvalue weighted by atomic mass is 127. The molecule has 0 radical (unpaired) electrons. The zero-order chi connectivity index (χ0) is 16.3. The first kappa shape index (κ1) is 19.9. The Morgan fingerprint density at radius 2 is 2.29 bits per heavy atom. The van der Waals surface area contributed by atoms with Crippen LogP contribution in [0.25, 0.3) is 0 Å². The molecule has 1 spiro atoms. The number of nitrogens with zero attached hydrogens (tertiary/aromatic N) is 3. The number of guanidine groups is 1. The molecule has 0 bridgehead atoms. The first-order chi connectivity index (χ1) is 11.2. The molecule has 0 aromatic carbocycles. The van der Waals surface area contributed by atoms with Crippen LogP contribution in [0.1, 0.15) is 35.3 Å². The van der Waals surface area contributed by atoms with Crippen LogP contribution in [-0.4, -0.2) is 55.7 Å². The van der Waals surface area contributed by atoms with E-state index in [1.165, 1.54) is 28.4 Å². The number of halogens is 1. The zero-order valence-electron chi connectivity index (χ0n) is 14.9. The van der Waals surface area contributed by atoms with Gasteiger partial charge in [-0.25, -0.2) is 4.98 Å². The molecule has 3 rings (SSSR count). The fourth-order valence-electron chi connectivity index (χ4n) is 3.62. The van der Waals surface area contributed by atoms with Gasteiger partial charge in [0, 0.05) is 50.0 Å². The third-order valence-corrected chi connectivity index (χ3v) is 6.10. The van der Waals surface area contributed by atoms with Gasteiger partial charge in [-0.3, -0.25) is 4.99 Å². The van der Waals surface area contributed by atoms with Crippen molar-refractivity contribution in [1.82, 2.24) is 15.2 Å². The van der Waals surface area contributed by atoms with Gasteiger partial charge in [0.05, 0.1) is 17.3 Å². The number of rotatable bonds is 4. The molecule has 136 valence electrons. The highest BCUT2D eigenvalue weighted by molar-refractivity contribution is 14.0. The van der Waals surface area contributed by atoms with Crippen molar-refractivity contribution in [3.63, 3.8) is 0 Å². The lowest BCUT2D eigenvalue weighted by Gasteiger charge is -2.24. The van der Waals surface area contributed by atoms with Crippen molar-refractivity contribution in [2.75, 3.05) is 39.9 Å². The summed E-state index contributed by atoms with van der Waals surface area (Å²) in [7, 11) is 1.88. The van der Waals surface area contributed by atoms with Gasteiger partial charge in [0.25, 0.3) is 0 Å². The first-order valence-corrected chi connectivity index (χ1v) is 9.46. The van der Waals surface area contributed by atoms with Crippen molar-refractivity contribution in [3.8, 4) is 0 Å². The molecule has 1 aromatic rings. The molecule has 1 unspecified atom stereocenters. The van der Waals surface area contributed by atoms with Crippen LogP contribution in [0.5, 0.6) is 0 Å². The summed E-state index contributed by atoms with van der Waals surface area (Å²) >= 11 is 1.82. The molecule has 2 saturated heterocycles. The standard InChI is InChI=1S/C17H28N4OS.HI/c1-4-14-13(2)23-15(20-14)5-8-19-16(18-3)21-9-6-17(11-21)7-10-22-12-17;/h4-12H2,1-3H3,(H,18,19);1H. The van der Waals surface area contributed by atoms with E-state index in [1.54, 1.807) is 0 Å². The number of thiazole rings is 1. The van der Waals surface area contributed by atoms with Gasteiger partial charge in [-0.1, -0.05) is 6.92 Å². The van der Waals surface area contributed by atoms with Gasteiger partial charge >= 0.3 is 0 Å². The molecule has 3 heterocycles. The van der Waals surface area contributed by atoms with Crippen LogP contribution in [0.2, 0.25) is 0 Å². The smallest absolute Gasteiger partial charge is 0.193 e. The average Bonchev–Trinajstić information content (AvgIpc) is 3.26. The van der Waals surface area contributed by atoms with E-state index in [-0.39, 0.29) is 24.0 Å². The summed E-state index contributed by atoms with van der Waals surface area (Å²) in [4.78, 5) is 12.9. The molecule has 0 amide bonds. The minimum absolute atomic E-state index is 0. The van der Waals surface area contributed by atoms with Gasteiger partial charge in [-0.05, 0) is 26.2 Å². The van der Waals surface area contributed by atoms with Crippen LogP contribution in [0.3, 0.4) is 0 Å². The normalized spacial score (nSPS) is 23.8. The number of nitrogens with one attached hydrogen (secondary N) is 1. The van der Waals surface area contributed by atoms with Gasteiger partial charge in [0.1, 0.15) is 0 Å². The Kier molecular flexibility index (Phi) is 7.30. The number of aryl methyl sites for hydroxylation is 2. The maximum atomic E-state index is 5.61. The average molecular weight is 464 g/mol. The second-order valence-electron chi connectivity index (χ2n) is 6.66. The lowest BCUT2D eigenvalue weighted by molar-refractivity contribution is 0.156. The lowest BCUT2D eigenvalue weighted by atomic mass is 9.87. The Hall–Kier alpha value is -0.410. The van der Waals surface area contributed by atoms with E-state index < -0.39 is 0 Å². The summed E-state index contributed by atoms with van der Waals surface area (Å²) in [6.07, 6.45) is 4.40. The van der Waals surface area contributed by atoms with E-state index in [0.717, 1.165) is 51.6 Å². The van der Waals surface area contributed by atoms with Gasteiger partial charge in [0.15, 0.2) is 5.96 Å². The fraction of sp³-hybridized carbons (Fsp3) is 0.765. The second-order valence-corrected chi connectivity index (χ2v) is 7.95. The zero-order valence-corrected chi connectivity index (χ0v) is 18.1. The quantitative estimate of drug-likeness (QED) is 0.423. The number of hydrogen-bond acceptors (Lipinski definition) is 4. The molecule has 7 heteroatoms. The predicted octanol–water partition coefficient (Wildman–Crippen LogP) is 2.86. The first-order valence-electron chi connectivity index (χ1n) is 8.64. The number of hydrogen-bond donors (Lipinski definition) is 1. The highest BCUT2D eigenvalue weighted by Gasteiger charge is 2.42. The van der Waals surface area contributed by atoms with Crippen LogP contribution < -0.4 is 5.32 Å². The molecule has 2 fully saturated rings. The molecular weight excluding hydrogens is 435 g/mol. The minimum Gasteiger partial charge on any atom is -0.381 e. The van der Waals surface area contributed by atoms with Gasteiger partial charge in [-0.2, -0.15) is 0 Å². The van der Waals surface area contributed by atoms with Crippen LogP contribution >= 0.6 is 35.3 Å². The molecular formula is C17H29IN4OS. The topological polar surface area (TPSA) is 49.8 Å². The maximum Gasteiger partial charge on any atom is 0.193 e. The third-order valence-electron chi connectivity index (χ3n) is 5.03. The Morgan fingerprint density at radius 3 is 2.92 bits per heavy atom.